The molecule has 2 aromatic carbocycles. The van der Waals surface area contributed by atoms with Crippen LogP contribution in [0.1, 0.15) is 48.1 Å². The van der Waals surface area contributed by atoms with Gasteiger partial charge in [-0.25, -0.2) is 4.79 Å². The SMILES string of the molecule is CC(OC(=O)c1cccc(N2CCCC2=O)c1)C(=O)NC1CCOc2ccccc21. The predicted octanol–water partition coefficient (Wildman–Crippen LogP) is 3.00. The lowest BCUT2D eigenvalue weighted by Gasteiger charge is -2.27. The van der Waals surface area contributed by atoms with Crippen molar-refractivity contribution in [3.05, 3.63) is 59.7 Å². The van der Waals surface area contributed by atoms with Crippen LogP contribution in [0.5, 0.6) is 5.75 Å². The fourth-order valence-electron chi connectivity index (χ4n) is 3.79. The first kappa shape index (κ1) is 19.9. The molecule has 0 saturated carbocycles. The molecule has 7 heteroatoms. The summed E-state index contributed by atoms with van der Waals surface area (Å²) in [5.74, 6) is -0.161. The fraction of sp³-hybridized carbons (Fsp3) is 0.348. The van der Waals surface area contributed by atoms with Gasteiger partial charge in [0.05, 0.1) is 18.2 Å². The Bertz CT molecular complexity index is 974. The van der Waals surface area contributed by atoms with Crippen molar-refractivity contribution in [2.75, 3.05) is 18.1 Å². The smallest absolute Gasteiger partial charge is 0.338 e. The molecule has 0 bridgehead atoms. The normalized spacial score (nSPS) is 18.9. The number of amides is 2. The predicted molar refractivity (Wildman–Crippen MR) is 110 cm³/mol. The van der Waals surface area contributed by atoms with Crippen molar-refractivity contribution >= 4 is 23.5 Å². The van der Waals surface area contributed by atoms with E-state index in [-0.39, 0.29) is 17.9 Å². The van der Waals surface area contributed by atoms with Crippen LogP contribution in [-0.2, 0) is 14.3 Å². The summed E-state index contributed by atoms with van der Waals surface area (Å²) in [5, 5.41) is 2.94. The van der Waals surface area contributed by atoms with Crippen LogP contribution in [0.25, 0.3) is 0 Å². The van der Waals surface area contributed by atoms with Crippen LogP contribution in [0, 0.1) is 0 Å². The van der Waals surface area contributed by atoms with Crippen LogP contribution in [0.2, 0.25) is 0 Å². The molecule has 2 amide bonds. The molecule has 0 aliphatic carbocycles. The highest BCUT2D eigenvalue weighted by Gasteiger charge is 2.27. The number of para-hydroxylation sites is 1. The topological polar surface area (TPSA) is 84.9 Å². The van der Waals surface area contributed by atoms with Gasteiger partial charge in [0.2, 0.25) is 5.91 Å². The van der Waals surface area contributed by atoms with Crippen molar-refractivity contribution < 1.29 is 23.9 Å². The summed E-state index contributed by atoms with van der Waals surface area (Å²) in [4.78, 5) is 38.8. The zero-order valence-electron chi connectivity index (χ0n) is 16.8. The molecule has 1 N–H and O–H groups in total. The highest BCUT2D eigenvalue weighted by Crippen LogP contribution is 2.31. The largest absolute Gasteiger partial charge is 0.493 e. The van der Waals surface area contributed by atoms with Crippen LogP contribution in [0.4, 0.5) is 5.69 Å². The van der Waals surface area contributed by atoms with E-state index in [4.69, 9.17) is 9.47 Å². The Morgan fingerprint density at radius 3 is 2.83 bits per heavy atom. The maximum absolute atomic E-state index is 12.6. The van der Waals surface area contributed by atoms with Crippen LogP contribution in [0.15, 0.2) is 48.5 Å². The van der Waals surface area contributed by atoms with Crippen molar-refractivity contribution in [2.45, 2.75) is 38.3 Å². The van der Waals surface area contributed by atoms with Crippen LogP contribution in [0.3, 0.4) is 0 Å². The summed E-state index contributed by atoms with van der Waals surface area (Å²) in [6, 6.07) is 14.1. The standard InChI is InChI=1S/C23H24N2O5/c1-15(22(27)24-19-11-13-29-20-9-3-2-8-18(19)20)30-23(28)16-6-4-7-17(14-16)25-12-5-10-21(25)26/h2-4,6-9,14-15,19H,5,10-13H2,1H3,(H,24,27). The van der Waals surface area contributed by atoms with Gasteiger partial charge in [0.25, 0.3) is 5.91 Å². The second-order valence-electron chi connectivity index (χ2n) is 7.48. The quantitative estimate of drug-likeness (QED) is 0.769. The van der Waals surface area contributed by atoms with Crippen LogP contribution in [-0.4, -0.2) is 37.0 Å². The summed E-state index contributed by atoms with van der Waals surface area (Å²) < 4.78 is 11.0. The molecule has 2 heterocycles. The van der Waals surface area contributed by atoms with Gasteiger partial charge in [-0.15, -0.1) is 0 Å². The fourth-order valence-corrected chi connectivity index (χ4v) is 3.79. The lowest BCUT2D eigenvalue weighted by Crippen LogP contribution is -2.39. The molecule has 2 unspecified atom stereocenters. The lowest BCUT2D eigenvalue weighted by atomic mass is 10.0. The average Bonchev–Trinajstić information content (AvgIpc) is 3.20. The zero-order valence-corrected chi connectivity index (χ0v) is 16.8. The summed E-state index contributed by atoms with van der Waals surface area (Å²) >= 11 is 0. The molecule has 4 rings (SSSR count). The van der Waals surface area contributed by atoms with Crippen LogP contribution >= 0.6 is 0 Å². The highest BCUT2D eigenvalue weighted by molar-refractivity contribution is 5.98. The number of fused-ring (bicyclic) bond motifs is 1. The van der Waals surface area contributed by atoms with E-state index in [9.17, 15) is 14.4 Å². The van der Waals surface area contributed by atoms with Gasteiger partial charge in [0.15, 0.2) is 6.10 Å². The van der Waals surface area contributed by atoms with Gasteiger partial charge in [-0.2, -0.15) is 0 Å². The number of carbonyl (C=O) groups is 3. The first-order valence-electron chi connectivity index (χ1n) is 10.2. The summed E-state index contributed by atoms with van der Waals surface area (Å²) in [7, 11) is 0. The second-order valence-corrected chi connectivity index (χ2v) is 7.48. The molecule has 1 fully saturated rings. The van der Waals surface area contributed by atoms with E-state index in [1.54, 1.807) is 36.1 Å². The molecule has 2 atom stereocenters. The van der Waals surface area contributed by atoms with E-state index in [1.165, 1.54) is 0 Å². The summed E-state index contributed by atoms with van der Waals surface area (Å²) in [6.45, 7) is 2.70. The van der Waals surface area contributed by atoms with E-state index in [0.717, 1.165) is 17.7 Å². The number of anilines is 1. The third kappa shape index (κ3) is 4.15. The Morgan fingerprint density at radius 1 is 1.20 bits per heavy atom. The maximum Gasteiger partial charge on any atom is 0.338 e. The van der Waals surface area contributed by atoms with E-state index < -0.39 is 12.1 Å². The van der Waals surface area contributed by atoms with Gasteiger partial charge < -0.3 is 19.7 Å². The summed E-state index contributed by atoms with van der Waals surface area (Å²) in [6.07, 6.45) is 1.01. The minimum Gasteiger partial charge on any atom is -0.493 e. The Morgan fingerprint density at radius 2 is 2.03 bits per heavy atom. The van der Waals surface area contributed by atoms with E-state index in [0.29, 0.717) is 37.2 Å². The van der Waals surface area contributed by atoms with Gasteiger partial charge >= 0.3 is 5.97 Å². The number of hydrogen-bond donors (Lipinski definition) is 1. The highest BCUT2D eigenvalue weighted by atomic mass is 16.5. The monoisotopic (exact) mass is 408 g/mol. The Balaban J connectivity index is 1.39. The number of nitrogens with one attached hydrogen (secondary N) is 1. The van der Waals surface area contributed by atoms with Crippen molar-refractivity contribution in [3.8, 4) is 5.75 Å². The van der Waals surface area contributed by atoms with Crippen molar-refractivity contribution in [1.29, 1.82) is 0 Å². The Hall–Kier alpha value is -3.35. The third-order valence-electron chi connectivity index (χ3n) is 5.39. The van der Waals surface area contributed by atoms with Crippen molar-refractivity contribution in [2.24, 2.45) is 0 Å². The first-order valence-corrected chi connectivity index (χ1v) is 10.2. The minimum atomic E-state index is -0.954. The zero-order chi connectivity index (χ0) is 21.1. The van der Waals surface area contributed by atoms with Gasteiger partial charge in [-0.1, -0.05) is 24.3 Å². The molecule has 0 radical (unpaired) electrons. The van der Waals surface area contributed by atoms with Crippen molar-refractivity contribution in [1.82, 2.24) is 5.32 Å². The molecule has 7 nitrogen and oxygen atoms in total. The Labute approximate surface area is 175 Å². The molecule has 0 aromatic heterocycles. The van der Waals surface area contributed by atoms with E-state index in [2.05, 4.69) is 5.32 Å². The number of nitrogens with zero attached hydrogens (tertiary/aromatic N) is 1. The molecule has 2 aliphatic heterocycles. The number of ether oxygens (including phenoxy) is 2. The number of esters is 1. The van der Waals surface area contributed by atoms with Gasteiger partial charge in [-0.3, -0.25) is 9.59 Å². The van der Waals surface area contributed by atoms with E-state index >= 15 is 0 Å². The van der Waals surface area contributed by atoms with Gasteiger partial charge in [-0.05, 0) is 37.6 Å². The van der Waals surface area contributed by atoms with Crippen molar-refractivity contribution in [3.63, 3.8) is 0 Å². The number of rotatable bonds is 5. The average molecular weight is 408 g/mol. The second kappa shape index (κ2) is 8.57. The molecule has 0 spiro atoms. The summed E-state index contributed by atoms with van der Waals surface area (Å²) in [5.41, 5.74) is 1.89. The molecular weight excluding hydrogens is 384 g/mol. The maximum atomic E-state index is 12.6. The molecule has 2 aliphatic rings. The number of carbonyl (C=O) groups excluding carboxylic acids is 3. The molecule has 1 saturated heterocycles. The third-order valence-corrected chi connectivity index (χ3v) is 5.39. The van der Waals surface area contributed by atoms with E-state index in [1.807, 2.05) is 24.3 Å². The molecule has 156 valence electrons. The van der Waals surface area contributed by atoms with Crippen LogP contribution < -0.4 is 15.0 Å². The number of benzene rings is 2. The van der Waals surface area contributed by atoms with Gasteiger partial charge in [0, 0.05) is 30.6 Å². The number of hydrogen-bond acceptors (Lipinski definition) is 5. The minimum absolute atomic E-state index is 0.0463. The Kier molecular flexibility index (Phi) is 5.70. The molecule has 30 heavy (non-hydrogen) atoms. The molecular formula is C23H24N2O5. The lowest BCUT2D eigenvalue weighted by molar-refractivity contribution is -0.130. The van der Waals surface area contributed by atoms with Gasteiger partial charge in [0.1, 0.15) is 5.75 Å². The molecule has 2 aromatic rings. The first-order chi connectivity index (χ1) is 14.5.